The molecular weight excluding hydrogens is 321 g/mol. The lowest BCUT2D eigenvalue weighted by Gasteiger charge is -2.28. The molecule has 0 atom stereocenters. The van der Waals surface area contributed by atoms with Crippen LogP contribution in [-0.4, -0.2) is 27.0 Å². The minimum absolute atomic E-state index is 0.239. The summed E-state index contributed by atoms with van der Waals surface area (Å²) in [4.78, 5) is 22.6. The fraction of sp³-hybridized carbons (Fsp3) is 0.333. The number of hydrogen-bond donors (Lipinski definition) is 4. The Balaban J connectivity index is 1.71. The Morgan fingerprint density at radius 2 is 2.00 bits per heavy atom. The number of halogens is 1. The number of nitrogens with one attached hydrogen (secondary N) is 3. The molecule has 1 aliphatic rings. The molecule has 0 amide bonds. The number of imidazole rings is 1. The third-order valence-corrected chi connectivity index (χ3v) is 4.77. The molecule has 0 radical (unpaired) electrons. The van der Waals surface area contributed by atoms with E-state index in [2.05, 4.69) is 20.3 Å². The molecule has 130 valence electrons. The number of nitrogens with two attached hydrogens (primary N) is 1. The molecule has 0 aliphatic heterocycles. The maximum absolute atomic E-state index is 13.4. The van der Waals surface area contributed by atoms with E-state index in [1.54, 1.807) is 12.3 Å². The number of aromatic nitrogens is 3. The number of pyridine rings is 1. The van der Waals surface area contributed by atoms with Gasteiger partial charge in [-0.05, 0) is 49.9 Å². The lowest BCUT2D eigenvalue weighted by Crippen LogP contribution is -2.33. The summed E-state index contributed by atoms with van der Waals surface area (Å²) < 4.78 is 13.4. The summed E-state index contributed by atoms with van der Waals surface area (Å²) in [5, 5.41) is 3.46. The Labute approximate surface area is 143 Å². The predicted octanol–water partition coefficient (Wildman–Crippen LogP) is 2.74. The minimum atomic E-state index is -0.346. The molecule has 2 heterocycles. The average molecular weight is 341 g/mol. The number of aromatic amines is 2. The zero-order valence-electron chi connectivity index (χ0n) is 13.7. The summed E-state index contributed by atoms with van der Waals surface area (Å²) >= 11 is 0. The maximum Gasteiger partial charge on any atom is 0.261 e. The molecule has 0 spiro atoms. The second-order valence-electron chi connectivity index (χ2n) is 6.60. The normalized spacial score (nSPS) is 20.7. The fourth-order valence-corrected chi connectivity index (χ4v) is 3.42. The molecule has 1 aromatic carbocycles. The third kappa shape index (κ3) is 3.15. The van der Waals surface area contributed by atoms with Crippen LogP contribution >= 0.6 is 0 Å². The van der Waals surface area contributed by atoms with Crippen molar-refractivity contribution in [1.82, 2.24) is 15.0 Å². The van der Waals surface area contributed by atoms with Gasteiger partial charge in [0.25, 0.3) is 5.56 Å². The van der Waals surface area contributed by atoms with Crippen LogP contribution in [0.4, 0.5) is 10.1 Å². The van der Waals surface area contributed by atoms with E-state index in [1.807, 2.05) is 6.07 Å². The van der Waals surface area contributed by atoms with Gasteiger partial charge in [0.15, 0.2) is 0 Å². The van der Waals surface area contributed by atoms with Gasteiger partial charge < -0.3 is 21.0 Å². The van der Waals surface area contributed by atoms with Crippen molar-refractivity contribution >= 4 is 16.7 Å². The highest BCUT2D eigenvalue weighted by atomic mass is 19.1. The predicted molar refractivity (Wildman–Crippen MR) is 96.0 cm³/mol. The van der Waals surface area contributed by atoms with Crippen LogP contribution in [0.15, 0.2) is 35.3 Å². The first kappa shape index (κ1) is 15.8. The van der Waals surface area contributed by atoms with E-state index in [0.717, 1.165) is 31.4 Å². The molecule has 7 heteroatoms. The van der Waals surface area contributed by atoms with Gasteiger partial charge in [-0.25, -0.2) is 9.37 Å². The van der Waals surface area contributed by atoms with Crippen molar-refractivity contribution in [1.29, 1.82) is 0 Å². The van der Waals surface area contributed by atoms with Crippen molar-refractivity contribution in [2.24, 2.45) is 5.73 Å². The Bertz CT molecular complexity index is 955. The zero-order valence-corrected chi connectivity index (χ0v) is 13.7. The first-order valence-corrected chi connectivity index (χ1v) is 8.49. The van der Waals surface area contributed by atoms with E-state index in [4.69, 9.17) is 5.73 Å². The summed E-state index contributed by atoms with van der Waals surface area (Å²) in [7, 11) is 0. The van der Waals surface area contributed by atoms with Crippen LogP contribution in [-0.2, 0) is 0 Å². The highest BCUT2D eigenvalue weighted by Crippen LogP contribution is 2.27. The standard InChI is InChI=1S/C18H20FN5O/c19-10-1-6-13-15(9-10)24-17(23-13)16-14(7-8-21-18(16)25)22-12-4-2-11(20)3-5-12/h1,6-9,11-12H,2-5,20H2,(H,23,24)(H2,21,22,25). The molecule has 0 unspecified atom stereocenters. The smallest absolute Gasteiger partial charge is 0.261 e. The van der Waals surface area contributed by atoms with Gasteiger partial charge in [0.2, 0.25) is 0 Å². The molecule has 2 aromatic heterocycles. The van der Waals surface area contributed by atoms with Crippen molar-refractivity contribution in [2.75, 3.05) is 5.32 Å². The molecule has 1 saturated carbocycles. The zero-order chi connectivity index (χ0) is 17.4. The molecule has 5 N–H and O–H groups in total. The summed E-state index contributed by atoms with van der Waals surface area (Å²) in [5.41, 5.74) is 8.07. The van der Waals surface area contributed by atoms with Crippen molar-refractivity contribution < 1.29 is 4.39 Å². The fourth-order valence-electron chi connectivity index (χ4n) is 3.42. The van der Waals surface area contributed by atoms with Crippen LogP contribution < -0.4 is 16.6 Å². The van der Waals surface area contributed by atoms with E-state index in [9.17, 15) is 9.18 Å². The average Bonchev–Trinajstić information content (AvgIpc) is 2.99. The summed E-state index contributed by atoms with van der Waals surface area (Å²) in [5.74, 6) is 0.0824. The van der Waals surface area contributed by atoms with E-state index in [-0.39, 0.29) is 23.5 Å². The SMILES string of the molecule is NC1CCC(Nc2cc[nH]c(=O)c2-c2nc3ccc(F)cc3[nH]2)CC1. The second kappa shape index (κ2) is 6.33. The van der Waals surface area contributed by atoms with E-state index >= 15 is 0 Å². The first-order valence-electron chi connectivity index (χ1n) is 8.49. The van der Waals surface area contributed by atoms with Crippen LogP contribution in [0.25, 0.3) is 22.4 Å². The number of H-pyrrole nitrogens is 2. The summed E-state index contributed by atoms with van der Waals surface area (Å²) in [6, 6.07) is 6.70. The van der Waals surface area contributed by atoms with Crippen LogP contribution in [0.2, 0.25) is 0 Å². The Kier molecular flexibility index (Phi) is 4.01. The van der Waals surface area contributed by atoms with Crippen molar-refractivity contribution in [2.45, 2.75) is 37.8 Å². The van der Waals surface area contributed by atoms with Gasteiger partial charge in [0.1, 0.15) is 17.2 Å². The quantitative estimate of drug-likeness (QED) is 0.588. The van der Waals surface area contributed by atoms with Crippen molar-refractivity contribution in [3.05, 3.63) is 46.6 Å². The Morgan fingerprint density at radius 3 is 2.80 bits per heavy atom. The van der Waals surface area contributed by atoms with Gasteiger partial charge in [-0.1, -0.05) is 0 Å². The molecule has 4 rings (SSSR count). The molecule has 3 aromatic rings. The lowest BCUT2D eigenvalue weighted by atomic mass is 9.91. The minimum Gasteiger partial charge on any atom is -0.382 e. The number of anilines is 1. The Hall–Kier alpha value is -2.67. The van der Waals surface area contributed by atoms with Crippen LogP contribution in [0.1, 0.15) is 25.7 Å². The summed E-state index contributed by atoms with van der Waals surface area (Å²) in [6.07, 6.45) is 5.50. The maximum atomic E-state index is 13.4. The van der Waals surface area contributed by atoms with Gasteiger partial charge in [0.05, 0.1) is 16.7 Å². The lowest BCUT2D eigenvalue weighted by molar-refractivity contribution is 0.411. The van der Waals surface area contributed by atoms with Crippen molar-refractivity contribution in [3.8, 4) is 11.4 Å². The van der Waals surface area contributed by atoms with Gasteiger partial charge in [-0.3, -0.25) is 4.79 Å². The number of fused-ring (bicyclic) bond motifs is 1. The second-order valence-corrected chi connectivity index (χ2v) is 6.60. The molecule has 1 aliphatic carbocycles. The number of hydrogen-bond acceptors (Lipinski definition) is 4. The first-order chi connectivity index (χ1) is 12.1. The van der Waals surface area contributed by atoms with Gasteiger partial charge in [-0.2, -0.15) is 0 Å². The molecule has 0 bridgehead atoms. The van der Waals surface area contributed by atoms with E-state index in [1.165, 1.54) is 12.1 Å². The molecular formula is C18H20FN5O. The monoisotopic (exact) mass is 341 g/mol. The number of rotatable bonds is 3. The van der Waals surface area contributed by atoms with Gasteiger partial charge >= 0.3 is 0 Å². The highest BCUT2D eigenvalue weighted by molar-refractivity contribution is 5.82. The van der Waals surface area contributed by atoms with Crippen LogP contribution in [0.5, 0.6) is 0 Å². The van der Waals surface area contributed by atoms with E-state index < -0.39 is 0 Å². The van der Waals surface area contributed by atoms with Crippen LogP contribution in [0.3, 0.4) is 0 Å². The number of benzene rings is 1. The molecule has 25 heavy (non-hydrogen) atoms. The molecule has 1 fully saturated rings. The molecule has 0 saturated heterocycles. The third-order valence-electron chi connectivity index (χ3n) is 4.77. The largest absolute Gasteiger partial charge is 0.382 e. The van der Waals surface area contributed by atoms with Gasteiger partial charge in [0, 0.05) is 18.3 Å². The molecule has 6 nitrogen and oxygen atoms in total. The topological polar surface area (TPSA) is 99.6 Å². The highest BCUT2D eigenvalue weighted by Gasteiger charge is 2.21. The van der Waals surface area contributed by atoms with E-state index in [0.29, 0.717) is 22.4 Å². The number of nitrogens with zero attached hydrogens (tertiary/aromatic N) is 1. The summed E-state index contributed by atoms with van der Waals surface area (Å²) in [6.45, 7) is 0. The van der Waals surface area contributed by atoms with Gasteiger partial charge in [-0.15, -0.1) is 0 Å². The van der Waals surface area contributed by atoms with Crippen LogP contribution in [0, 0.1) is 5.82 Å². The Morgan fingerprint density at radius 1 is 1.20 bits per heavy atom. The van der Waals surface area contributed by atoms with Crippen molar-refractivity contribution in [3.63, 3.8) is 0 Å².